The predicted molar refractivity (Wildman–Crippen MR) is 304 cm³/mol. The van der Waals surface area contributed by atoms with Gasteiger partial charge >= 0.3 is 0 Å². The summed E-state index contributed by atoms with van der Waals surface area (Å²) < 4.78 is 0. The monoisotopic (exact) mass is 950 g/mol. The maximum absolute atomic E-state index is 12.5. The average molecular weight is 951 g/mol. The molecule has 0 saturated heterocycles. The fraction of sp³-hybridized carbons (Fsp3) is 0.828. The summed E-state index contributed by atoms with van der Waals surface area (Å²) in [7, 11) is 0. The molecule has 0 fully saturated rings. The van der Waals surface area contributed by atoms with Crippen LogP contribution < -0.4 is 5.32 Å². The van der Waals surface area contributed by atoms with Gasteiger partial charge in [0, 0.05) is 6.42 Å². The van der Waals surface area contributed by atoms with Gasteiger partial charge in [0.05, 0.1) is 18.8 Å². The Morgan fingerprint density at radius 2 is 0.647 bits per heavy atom. The molecule has 0 radical (unpaired) electrons. The van der Waals surface area contributed by atoms with E-state index in [1.54, 1.807) is 0 Å². The number of nitrogens with one attached hydrogen (secondary N) is 1. The van der Waals surface area contributed by atoms with E-state index in [0.717, 1.165) is 57.8 Å². The van der Waals surface area contributed by atoms with Gasteiger partial charge in [-0.1, -0.05) is 319 Å². The molecule has 0 spiro atoms. The molecule has 0 saturated carbocycles. The number of rotatable bonds is 56. The highest BCUT2D eigenvalue weighted by molar-refractivity contribution is 5.76. The molecule has 2 atom stereocenters. The first kappa shape index (κ1) is 66.1. The zero-order chi connectivity index (χ0) is 49.2. The Kier molecular flexibility index (Phi) is 57.7. The summed E-state index contributed by atoms with van der Waals surface area (Å²) in [5.74, 6) is -0.0356. The predicted octanol–water partition coefficient (Wildman–Crippen LogP) is 20.4. The molecule has 0 aliphatic carbocycles. The van der Waals surface area contributed by atoms with E-state index in [0.29, 0.717) is 12.8 Å². The maximum Gasteiger partial charge on any atom is 0.220 e. The third-order valence-corrected chi connectivity index (χ3v) is 14.0. The summed E-state index contributed by atoms with van der Waals surface area (Å²) in [6, 6.07) is -0.544. The molecule has 4 nitrogen and oxygen atoms in total. The average Bonchev–Trinajstić information content (AvgIpc) is 3.34. The Morgan fingerprint density at radius 3 is 0.971 bits per heavy atom. The van der Waals surface area contributed by atoms with Gasteiger partial charge in [0.15, 0.2) is 0 Å². The highest BCUT2D eigenvalue weighted by Crippen LogP contribution is 2.18. The van der Waals surface area contributed by atoms with Crippen LogP contribution in [0, 0.1) is 0 Å². The van der Waals surface area contributed by atoms with Crippen LogP contribution in [0.1, 0.15) is 322 Å². The van der Waals surface area contributed by atoms with Crippen LogP contribution in [0.4, 0.5) is 0 Å². The number of carbonyl (C=O) groups excluding carboxylic acids is 1. The molecule has 68 heavy (non-hydrogen) atoms. The second kappa shape index (κ2) is 59.4. The molecule has 398 valence electrons. The molecule has 0 aliphatic heterocycles. The lowest BCUT2D eigenvalue weighted by Gasteiger charge is -2.22. The Morgan fingerprint density at radius 1 is 0.368 bits per heavy atom. The topological polar surface area (TPSA) is 69.6 Å². The van der Waals surface area contributed by atoms with E-state index < -0.39 is 12.1 Å². The third-order valence-electron chi connectivity index (χ3n) is 14.0. The maximum atomic E-state index is 12.5. The van der Waals surface area contributed by atoms with Gasteiger partial charge in [-0.05, 0) is 57.8 Å². The van der Waals surface area contributed by atoms with Gasteiger partial charge in [0.2, 0.25) is 5.91 Å². The normalized spacial score (nSPS) is 13.2. The van der Waals surface area contributed by atoms with Gasteiger partial charge in [-0.3, -0.25) is 4.79 Å². The summed E-state index contributed by atoms with van der Waals surface area (Å²) in [5, 5.41) is 23.4. The van der Waals surface area contributed by atoms with Crippen molar-refractivity contribution in [3.05, 3.63) is 60.8 Å². The number of hydrogen-bond donors (Lipinski definition) is 3. The van der Waals surface area contributed by atoms with Crippen LogP contribution in [0.2, 0.25) is 0 Å². The minimum Gasteiger partial charge on any atom is -0.394 e. The smallest absolute Gasteiger partial charge is 0.220 e. The summed E-state index contributed by atoms with van der Waals surface area (Å²) >= 11 is 0. The first-order valence-corrected chi connectivity index (χ1v) is 30.5. The first-order valence-electron chi connectivity index (χ1n) is 30.5. The van der Waals surface area contributed by atoms with E-state index in [1.165, 1.54) is 238 Å². The molecule has 2 unspecified atom stereocenters. The lowest BCUT2D eigenvalue weighted by atomic mass is 10.0. The van der Waals surface area contributed by atoms with Crippen molar-refractivity contribution in [2.75, 3.05) is 6.61 Å². The molecule has 0 aromatic carbocycles. The van der Waals surface area contributed by atoms with E-state index in [2.05, 4.69) is 79.9 Å². The Balaban J connectivity index is 3.45. The van der Waals surface area contributed by atoms with E-state index >= 15 is 0 Å². The van der Waals surface area contributed by atoms with Crippen molar-refractivity contribution in [2.45, 2.75) is 334 Å². The van der Waals surface area contributed by atoms with Crippen molar-refractivity contribution in [3.63, 3.8) is 0 Å². The molecular formula is C64H119NO3. The summed E-state index contributed by atoms with van der Waals surface area (Å²) in [6.07, 6.45) is 83.7. The fourth-order valence-electron chi connectivity index (χ4n) is 9.45. The number of hydrogen-bond acceptors (Lipinski definition) is 3. The molecule has 0 aromatic heterocycles. The Labute approximate surface area is 426 Å². The van der Waals surface area contributed by atoms with Gasteiger partial charge in [0.25, 0.3) is 0 Å². The van der Waals surface area contributed by atoms with Crippen molar-refractivity contribution >= 4 is 5.91 Å². The molecule has 0 heterocycles. The number of amides is 1. The summed E-state index contributed by atoms with van der Waals surface area (Å²) in [4.78, 5) is 12.5. The summed E-state index contributed by atoms with van der Waals surface area (Å²) in [6.45, 7) is 4.27. The van der Waals surface area contributed by atoms with Crippen molar-refractivity contribution < 1.29 is 15.0 Å². The molecule has 0 aliphatic rings. The lowest BCUT2D eigenvalue weighted by Crippen LogP contribution is -2.45. The first-order chi connectivity index (χ1) is 33.7. The van der Waals surface area contributed by atoms with Crippen LogP contribution in [-0.2, 0) is 4.79 Å². The van der Waals surface area contributed by atoms with Gasteiger partial charge in [0.1, 0.15) is 0 Å². The van der Waals surface area contributed by atoms with Gasteiger partial charge in [-0.25, -0.2) is 0 Å². The second-order valence-corrected chi connectivity index (χ2v) is 20.7. The largest absolute Gasteiger partial charge is 0.394 e. The number of unbranched alkanes of at least 4 members (excludes halogenated alkanes) is 39. The van der Waals surface area contributed by atoms with Crippen molar-refractivity contribution in [2.24, 2.45) is 0 Å². The van der Waals surface area contributed by atoms with Crippen LogP contribution in [0.5, 0.6) is 0 Å². The molecule has 0 bridgehead atoms. The SMILES string of the molecule is CC/C=C\C/C=C\C/C=C\C/C=C\C/C=C\CCCCCCCCCCCC(=O)NC(CO)C(O)CCCCCCCCCCCCCCCCCCCCCCCCCCCCCCCCC. The summed E-state index contributed by atoms with van der Waals surface area (Å²) in [5.41, 5.74) is 0. The van der Waals surface area contributed by atoms with Crippen LogP contribution in [0.3, 0.4) is 0 Å². The number of allylic oxidation sites excluding steroid dienone is 10. The Hall–Kier alpha value is -1.91. The quantitative estimate of drug-likeness (QED) is 0.0420. The van der Waals surface area contributed by atoms with E-state index in [-0.39, 0.29) is 12.5 Å². The minimum atomic E-state index is -0.667. The standard InChI is InChI=1S/C64H119NO3/c1-3-5-7-9-11-13-15-17-19-21-23-25-27-29-30-31-32-33-34-36-37-39-41-43-45-47-49-51-53-55-57-59-63(67)62(61-66)65-64(68)60-58-56-54-52-50-48-46-44-42-40-38-35-28-26-24-22-20-18-16-14-12-10-8-6-4-2/h6,8,12,14,18,20,24,26,35,38,62-63,66-67H,3-5,7,9-11,13,15-17,19,21-23,25,27-34,36-37,39-61H2,1-2H3,(H,65,68)/b8-6-,14-12-,20-18-,26-24-,38-35-. The second-order valence-electron chi connectivity index (χ2n) is 20.7. The van der Waals surface area contributed by atoms with E-state index in [9.17, 15) is 15.0 Å². The van der Waals surface area contributed by atoms with Crippen molar-refractivity contribution in [1.29, 1.82) is 0 Å². The molecule has 4 heteroatoms. The minimum absolute atomic E-state index is 0.0356. The number of aliphatic hydroxyl groups is 2. The highest BCUT2D eigenvalue weighted by Gasteiger charge is 2.20. The van der Waals surface area contributed by atoms with Crippen LogP contribution in [0.15, 0.2) is 60.8 Å². The van der Waals surface area contributed by atoms with Crippen molar-refractivity contribution in [3.8, 4) is 0 Å². The van der Waals surface area contributed by atoms with Crippen LogP contribution in [0.25, 0.3) is 0 Å². The highest BCUT2D eigenvalue weighted by atomic mass is 16.3. The number of aliphatic hydroxyl groups excluding tert-OH is 2. The zero-order valence-corrected chi connectivity index (χ0v) is 45.9. The molecule has 0 rings (SSSR count). The van der Waals surface area contributed by atoms with Crippen molar-refractivity contribution in [1.82, 2.24) is 5.32 Å². The Bertz CT molecular complexity index is 1120. The van der Waals surface area contributed by atoms with Gasteiger partial charge in [-0.15, -0.1) is 0 Å². The lowest BCUT2D eigenvalue weighted by molar-refractivity contribution is -0.123. The molecule has 0 aromatic rings. The third kappa shape index (κ3) is 55.0. The van der Waals surface area contributed by atoms with Crippen LogP contribution in [-0.4, -0.2) is 34.9 Å². The van der Waals surface area contributed by atoms with Crippen LogP contribution >= 0.6 is 0 Å². The fourth-order valence-corrected chi connectivity index (χ4v) is 9.45. The zero-order valence-electron chi connectivity index (χ0n) is 45.9. The molecule has 1 amide bonds. The van der Waals surface area contributed by atoms with E-state index in [1.807, 2.05) is 0 Å². The van der Waals surface area contributed by atoms with Gasteiger partial charge < -0.3 is 15.5 Å². The molecule has 3 N–H and O–H groups in total. The molecular weight excluding hydrogens is 831 g/mol. The van der Waals surface area contributed by atoms with Gasteiger partial charge in [-0.2, -0.15) is 0 Å². The van der Waals surface area contributed by atoms with E-state index in [4.69, 9.17) is 0 Å². The number of carbonyl (C=O) groups is 1.